The first-order valence-electron chi connectivity index (χ1n) is 9.27. The predicted molar refractivity (Wildman–Crippen MR) is 102 cm³/mol. The Kier molecular flexibility index (Phi) is 6.05. The van der Waals surface area contributed by atoms with E-state index in [-0.39, 0.29) is 6.61 Å². The molecule has 1 amide bonds. The van der Waals surface area contributed by atoms with Gasteiger partial charge in [0.25, 0.3) is 0 Å². The van der Waals surface area contributed by atoms with Gasteiger partial charge >= 0.3 is 11.9 Å². The zero-order valence-corrected chi connectivity index (χ0v) is 15.2. The molecule has 0 aliphatic carbocycles. The fourth-order valence-corrected chi connectivity index (χ4v) is 3.46. The molecule has 1 heterocycles. The first-order valence-corrected chi connectivity index (χ1v) is 9.27. The van der Waals surface area contributed by atoms with Gasteiger partial charge in [0.1, 0.15) is 0 Å². The van der Waals surface area contributed by atoms with E-state index in [1.165, 1.54) is 16.7 Å². The summed E-state index contributed by atoms with van der Waals surface area (Å²) in [6.45, 7) is 3.20. The van der Waals surface area contributed by atoms with Gasteiger partial charge in [-0.2, -0.15) is 0 Å². The van der Waals surface area contributed by atoms with Crippen molar-refractivity contribution in [2.45, 2.75) is 26.2 Å². The predicted octanol–water partition coefficient (Wildman–Crippen LogP) is 3.70. The number of hydrogen-bond donors (Lipinski definition) is 0. The highest BCUT2D eigenvalue weighted by molar-refractivity contribution is 6.32. The number of esters is 1. The standard InChI is InChI=1S/C22H25NO3/c1-2-26-22(25)21(24)23-14-12-18(13-15-23)16-17-8-10-20(11-9-17)19-6-4-3-5-7-19/h3-11,18H,2,12-16H2,1H3. The van der Waals surface area contributed by atoms with Crippen molar-refractivity contribution < 1.29 is 14.3 Å². The SMILES string of the molecule is CCOC(=O)C(=O)N1CCC(Cc2ccc(-c3ccccc3)cc2)CC1. The van der Waals surface area contributed by atoms with E-state index in [4.69, 9.17) is 4.74 Å². The van der Waals surface area contributed by atoms with E-state index >= 15 is 0 Å². The summed E-state index contributed by atoms with van der Waals surface area (Å²) in [6, 6.07) is 19.1. The van der Waals surface area contributed by atoms with Crippen molar-refractivity contribution in [1.82, 2.24) is 4.90 Å². The van der Waals surface area contributed by atoms with Gasteiger partial charge in [-0.05, 0) is 48.8 Å². The minimum Gasteiger partial charge on any atom is -0.459 e. The number of nitrogens with zero attached hydrogens (tertiary/aromatic N) is 1. The van der Waals surface area contributed by atoms with Crippen LogP contribution in [0.5, 0.6) is 0 Å². The zero-order chi connectivity index (χ0) is 18.4. The van der Waals surface area contributed by atoms with Gasteiger partial charge in [-0.15, -0.1) is 0 Å². The number of hydrogen-bond acceptors (Lipinski definition) is 3. The summed E-state index contributed by atoms with van der Waals surface area (Å²) < 4.78 is 4.80. The third-order valence-corrected chi connectivity index (χ3v) is 4.94. The van der Waals surface area contributed by atoms with Gasteiger partial charge in [-0.25, -0.2) is 4.79 Å². The summed E-state index contributed by atoms with van der Waals surface area (Å²) in [4.78, 5) is 25.1. The van der Waals surface area contributed by atoms with E-state index in [2.05, 4.69) is 48.5 Å². The van der Waals surface area contributed by atoms with E-state index in [1.807, 2.05) is 6.07 Å². The first kappa shape index (κ1) is 18.2. The molecule has 2 aromatic rings. The number of benzene rings is 2. The number of rotatable bonds is 4. The lowest BCUT2D eigenvalue weighted by Gasteiger charge is -2.31. The van der Waals surface area contributed by atoms with Crippen molar-refractivity contribution in [3.8, 4) is 11.1 Å². The van der Waals surface area contributed by atoms with Crippen molar-refractivity contribution in [3.05, 3.63) is 60.2 Å². The molecule has 26 heavy (non-hydrogen) atoms. The molecule has 1 saturated heterocycles. The summed E-state index contributed by atoms with van der Waals surface area (Å²) in [6.07, 6.45) is 2.85. The smallest absolute Gasteiger partial charge is 0.397 e. The van der Waals surface area contributed by atoms with E-state index in [0.29, 0.717) is 19.0 Å². The molecule has 136 valence electrons. The molecule has 0 aromatic heterocycles. The minimum absolute atomic E-state index is 0.236. The van der Waals surface area contributed by atoms with E-state index in [1.54, 1.807) is 11.8 Å². The maximum absolute atomic E-state index is 12.0. The Bertz CT molecular complexity index is 732. The Morgan fingerprint density at radius 2 is 1.58 bits per heavy atom. The third kappa shape index (κ3) is 4.51. The monoisotopic (exact) mass is 351 g/mol. The van der Waals surface area contributed by atoms with Crippen LogP contribution in [0.3, 0.4) is 0 Å². The van der Waals surface area contributed by atoms with Gasteiger partial charge in [0.15, 0.2) is 0 Å². The van der Waals surface area contributed by atoms with Crippen LogP contribution >= 0.6 is 0 Å². The topological polar surface area (TPSA) is 46.6 Å². The van der Waals surface area contributed by atoms with Gasteiger partial charge in [0.05, 0.1) is 6.61 Å². The van der Waals surface area contributed by atoms with Crippen molar-refractivity contribution in [3.63, 3.8) is 0 Å². The first-order chi connectivity index (χ1) is 12.7. The van der Waals surface area contributed by atoms with Gasteiger partial charge in [-0.3, -0.25) is 4.79 Å². The zero-order valence-electron chi connectivity index (χ0n) is 15.2. The second-order valence-electron chi connectivity index (χ2n) is 6.72. The lowest BCUT2D eigenvalue weighted by molar-refractivity contribution is -0.160. The van der Waals surface area contributed by atoms with Crippen molar-refractivity contribution in [1.29, 1.82) is 0 Å². The summed E-state index contributed by atoms with van der Waals surface area (Å²) >= 11 is 0. The highest BCUT2D eigenvalue weighted by atomic mass is 16.5. The normalized spacial score (nSPS) is 14.9. The number of amides is 1. The van der Waals surface area contributed by atoms with Crippen LogP contribution in [0.4, 0.5) is 0 Å². The largest absolute Gasteiger partial charge is 0.459 e. The molecule has 0 bridgehead atoms. The summed E-state index contributed by atoms with van der Waals surface area (Å²) in [5, 5.41) is 0. The average Bonchev–Trinajstić information content (AvgIpc) is 2.69. The van der Waals surface area contributed by atoms with Crippen LogP contribution in [0.2, 0.25) is 0 Å². The third-order valence-electron chi connectivity index (χ3n) is 4.94. The van der Waals surface area contributed by atoms with E-state index < -0.39 is 11.9 Å². The molecule has 3 rings (SSSR count). The lowest BCUT2D eigenvalue weighted by Crippen LogP contribution is -2.43. The Balaban J connectivity index is 1.52. The summed E-state index contributed by atoms with van der Waals surface area (Å²) in [7, 11) is 0. The maximum atomic E-state index is 12.0. The maximum Gasteiger partial charge on any atom is 0.397 e. The summed E-state index contributed by atoms with van der Waals surface area (Å²) in [5.41, 5.74) is 3.77. The fraction of sp³-hybridized carbons (Fsp3) is 0.364. The minimum atomic E-state index is -0.734. The van der Waals surface area contributed by atoms with Crippen LogP contribution < -0.4 is 0 Å². The number of piperidine rings is 1. The number of carbonyl (C=O) groups excluding carboxylic acids is 2. The molecule has 0 unspecified atom stereocenters. The molecule has 1 aliphatic heterocycles. The molecule has 0 spiro atoms. The molecule has 0 atom stereocenters. The second kappa shape index (κ2) is 8.65. The molecular weight excluding hydrogens is 326 g/mol. The fourth-order valence-electron chi connectivity index (χ4n) is 3.46. The van der Waals surface area contributed by atoms with Crippen LogP contribution in [-0.4, -0.2) is 36.5 Å². The van der Waals surface area contributed by atoms with Crippen LogP contribution in [-0.2, 0) is 20.7 Å². The number of likely N-dealkylation sites (tertiary alicyclic amines) is 1. The Morgan fingerprint density at radius 1 is 0.962 bits per heavy atom. The Morgan fingerprint density at radius 3 is 2.19 bits per heavy atom. The molecule has 0 saturated carbocycles. The molecule has 0 radical (unpaired) electrons. The highest BCUT2D eigenvalue weighted by Crippen LogP contribution is 2.24. The Hall–Kier alpha value is -2.62. The van der Waals surface area contributed by atoms with Crippen LogP contribution in [0.1, 0.15) is 25.3 Å². The molecule has 1 fully saturated rings. The van der Waals surface area contributed by atoms with Crippen LogP contribution in [0, 0.1) is 5.92 Å². The molecule has 1 aliphatic rings. The molecule has 0 N–H and O–H groups in total. The molecule has 4 nitrogen and oxygen atoms in total. The van der Waals surface area contributed by atoms with Gasteiger partial charge in [0, 0.05) is 13.1 Å². The second-order valence-corrected chi connectivity index (χ2v) is 6.72. The van der Waals surface area contributed by atoms with Crippen molar-refractivity contribution >= 4 is 11.9 Å². The van der Waals surface area contributed by atoms with Crippen molar-refractivity contribution in [2.75, 3.05) is 19.7 Å². The molecule has 2 aromatic carbocycles. The van der Waals surface area contributed by atoms with Gasteiger partial charge in [0.2, 0.25) is 0 Å². The highest BCUT2D eigenvalue weighted by Gasteiger charge is 2.27. The van der Waals surface area contributed by atoms with Gasteiger partial charge in [-0.1, -0.05) is 54.6 Å². The van der Waals surface area contributed by atoms with E-state index in [0.717, 1.165) is 19.3 Å². The lowest BCUT2D eigenvalue weighted by atomic mass is 9.89. The van der Waals surface area contributed by atoms with Gasteiger partial charge < -0.3 is 9.64 Å². The molecule has 4 heteroatoms. The van der Waals surface area contributed by atoms with Crippen LogP contribution in [0.15, 0.2) is 54.6 Å². The van der Waals surface area contributed by atoms with E-state index in [9.17, 15) is 9.59 Å². The average molecular weight is 351 g/mol. The number of carbonyl (C=O) groups is 2. The molecular formula is C22H25NO3. The quantitative estimate of drug-likeness (QED) is 0.623. The summed E-state index contributed by atoms with van der Waals surface area (Å²) in [5.74, 6) is -0.691. The van der Waals surface area contributed by atoms with Crippen LogP contribution in [0.25, 0.3) is 11.1 Å². The van der Waals surface area contributed by atoms with Crippen molar-refractivity contribution in [2.24, 2.45) is 5.92 Å². The Labute approximate surface area is 154 Å². The number of ether oxygens (including phenoxy) is 1.